The number of rotatable bonds is 10. The number of carbonyl (C=O) groups excluding carboxylic acids is 1. The fourth-order valence-electron chi connectivity index (χ4n) is 8.60. The highest BCUT2D eigenvalue weighted by Crippen LogP contribution is 2.49. The Morgan fingerprint density at radius 2 is 1.47 bits per heavy atom. The average molecular weight is 803 g/mol. The molecule has 0 spiro atoms. The van der Waals surface area contributed by atoms with Crippen molar-refractivity contribution in [2.24, 2.45) is 20.0 Å². The van der Waals surface area contributed by atoms with Gasteiger partial charge in [0.25, 0.3) is 15.6 Å². The van der Waals surface area contributed by atoms with Gasteiger partial charge in [-0.1, -0.05) is 103 Å². The van der Waals surface area contributed by atoms with Crippen LogP contribution in [-0.4, -0.2) is 45.4 Å². The molecule has 8 rings (SSSR count). The largest absolute Gasteiger partial charge is 0.449 e. The number of fused-ring (bicyclic) bond motifs is 4. The normalized spacial score (nSPS) is 19.0. The van der Waals surface area contributed by atoms with Gasteiger partial charge in [-0.15, -0.1) is 0 Å². The number of aromatic nitrogens is 3. The molecule has 2 aliphatic rings. The van der Waals surface area contributed by atoms with E-state index in [-0.39, 0.29) is 42.5 Å². The molecular weight excluding hydrogens is 757 g/mol. The number of amides is 1. The van der Waals surface area contributed by atoms with Crippen LogP contribution < -0.4 is 16.0 Å². The number of hydrogen-bond acceptors (Lipinski definition) is 8. The van der Waals surface area contributed by atoms with E-state index < -0.39 is 51.5 Å². The minimum Gasteiger partial charge on any atom is -0.449 e. The molecule has 4 heterocycles. The van der Waals surface area contributed by atoms with E-state index in [1.165, 1.54) is 15.6 Å². The molecular formula is C45H46N4O8S. The second kappa shape index (κ2) is 15.8. The van der Waals surface area contributed by atoms with Crippen LogP contribution in [0.1, 0.15) is 65.2 Å². The Balaban J connectivity index is 1.32. The number of para-hydroxylation sites is 1. The Kier molecular flexibility index (Phi) is 10.6. The zero-order valence-electron chi connectivity index (χ0n) is 32.9. The van der Waals surface area contributed by atoms with E-state index >= 15 is 0 Å². The lowest BCUT2D eigenvalue weighted by atomic mass is 9.77. The van der Waals surface area contributed by atoms with E-state index in [2.05, 4.69) is 0 Å². The van der Waals surface area contributed by atoms with E-state index in [4.69, 9.17) is 14.2 Å². The summed E-state index contributed by atoms with van der Waals surface area (Å²) in [5.41, 5.74) is 3.52. The van der Waals surface area contributed by atoms with Crippen LogP contribution in [0.25, 0.3) is 10.9 Å². The van der Waals surface area contributed by atoms with E-state index in [1.54, 1.807) is 48.3 Å². The Bertz CT molecular complexity index is 2710. The zero-order valence-corrected chi connectivity index (χ0v) is 33.7. The van der Waals surface area contributed by atoms with Gasteiger partial charge >= 0.3 is 11.8 Å². The highest BCUT2D eigenvalue weighted by atomic mass is 32.2. The summed E-state index contributed by atoms with van der Waals surface area (Å²) in [7, 11) is -1.26. The van der Waals surface area contributed by atoms with Crippen molar-refractivity contribution in [3.05, 3.63) is 164 Å². The number of aryl methyl sites for hydroxylation is 1. The molecule has 0 saturated carbocycles. The van der Waals surface area contributed by atoms with Crippen molar-refractivity contribution in [2.45, 2.75) is 69.5 Å². The summed E-state index contributed by atoms with van der Waals surface area (Å²) >= 11 is 0. The van der Waals surface area contributed by atoms with Crippen LogP contribution in [-0.2, 0) is 53.2 Å². The number of ether oxygens (including phenoxy) is 3. The van der Waals surface area contributed by atoms with Gasteiger partial charge in [-0.2, -0.15) is 0 Å². The lowest BCUT2D eigenvalue weighted by Gasteiger charge is -2.43. The molecule has 2 aliphatic heterocycles. The monoisotopic (exact) mass is 802 g/mol. The van der Waals surface area contributed by atoms with Crippen molar-refractivity contribution in [1.82, 2.24) is 18.0 Å². The van der Waals surface area contributed by atoms with E-state index in [1.807, 2.05) is 86.6 Å². The molecule has 4 aromatic carbocycles. The predicted octanol–water partition coefficient (Wildman–Crippen LogP) is 6.96. The van der Waals surface area contributed by atoms with Gasteiger partial charge in [-0.3, -0.25) is 18.8 Å². The third-order valence-electron chi connectivity index (χ3n) is 11.6. The summed E-state index contributed by atoms with van der Waals surface area (Å²) in [4.78, 5) is 43.8. The maximum atomic E-state index is 15.0. The summed E-state index contributed by atoms with van der Waals surface area (Å²) in [5.74, 6) is -1.02. The second-order valence-corrected chi connectivity index (χ2v) is 16.9. The average Bonchev–Trinajstić information content (AvgIpc) is 3.60. The summed E-state index contributed by atoms with van der Waals surface area (Å²) in [5, 5.41) is 0.761. The molecule has 2 aromatic heterocycles. The Labute approximate surface area is 336 Å². The first kappa shape index (κ1) is 38.9. The first-order valence-electron chi connectivity index (χ1n) is 19.5. The van der Waals surface area contributed by atoms with Gasteiger partial charge in [0.2, 0.25) is 12.2 Å². The van der Waals surface area contributed by atoms with Gasteiger partial charge in [0, 0.05) is 37.9 Å². The predicted molar refractivity (Wildman–Crippen MR) is 219 cm³/mol. The lowest BCUT2D eigenvalue weighted by Crippen LogP contribution is -2.49. The summed E-state index contributed by atoms with van der Waals surface area (Å²) in [6.07, 6.45) is -0.540. The van der Waals surface area contributed by atoms with Crippen LogP contribution in [0.2, 0.25) is 0 Å². The molecule has 58 heavy (non-hydrogen) atoms. The smallest absolute Gasteiger partial charge is 0.410 e. The first-order valence-corrected chi connectivity index (χ1v) is 21.0. The molecule has 13 heteroatoms. The van der Waals surface area contributed by atoms with Gasteiger partial charge in [-0.05, 0) is 61.1 Å². The van der Waals surface area contributed by atoms with Crippen LogP contribution in [0.3, 0.4) is 0 Å². The van der Waals surface area contributed by atoms with Gasteiger partial charge in [0.1, 0.15) is 6.61 Å². The summed E-state index contributed by atoms with van der Waals surface area (Å²) in [6.45, 7) is 4.32. The quantitative estimate of drug-likeness (QED) is 0.145. The Morgan fingerprint density at radius 3 is 2.14 bits per heavy atom. The maximum Gasteiger partial charge on any atom is 0.410 e. The molecule has 12 nitrogen and oxygen atoms in total. The molecule has 4 atom stereocenters. The minimum atomic E-state index is -4.24. The van der Waals surface area contributed by atoms with Gasteiger partial charge in [-0.25, -0.2) is 22.0 Å². The molecule has 0 radical (unpaired) electrons. The fraction of sp³-hybridized carbons (Fsp3) is 0.311. The van der Waals surface area contributed by atoms with Crippen molar-refractivity contribution < 1.29 is 27.4 Å². The molecule has 1 amide bonds. The highest BCUT2D eigenvalue weighted by molar-refractivity contribution is 7.90. The number of nitrogens with zero attached hydrogens (tertiary/aromatic N) is 4. The topological polar surface area (TPSA) is 131 Å². The summed E-state index contributed by atoms with van der Waals surface area (Å²) in [6, 6.07) is 32.2. The molecule has 6 aromatic rings. The Hall–Kier alpha value is -5.92. The SMILES string of the molecule is CC[C@@H]1[C@@H](OCc2ccccc2)Oc2c(c(=O)n(C)c(=O)n2C)[C@@H]1C[C@H]1c2c(c3ccccc3n2S(=O)(=O)c2ccc(C)cc2)CCN1C(=O)OCc1ccccc1. The molecule has 0 fully saturated rings. The third-order valence-corrected chi connectivity index (χ3v) is 13.3. The van der Waals surface area contributed by atoms with E-state index in [0.717, 1.165) is 32.2 Å². The van der Waals surface area contributed by atoms with E-state index in [9.17, 15) is 22.8 Å². The molecule has 0 unspecified atom stereocenters. The number of hydrogen-bond donors (Lipinski definition) is 0. The molecule has 0 N–H and O–H groups in total. The van der Waals surface area contributed by atoms with Gasteiger partial charge in [0.15, 0.2) is 0 Å². The highest BCUT2D eigenvalue weighted by Gasteiger charge is 2.47. The fourth-order valence-corrected chi connectivity index (χ4v) is 10.2. The van der Waals surface area contributed by atoms with Crippen LogP contribution in [0.15, 0.2) is 124 Å². The number of carbonyl (C=O) groups is 1. The number of benzene rings is 4. The van der Waals surface area contributed by atoms with Crippen LogP contribution >= 0.6 is 0 Å². The standard InChI is InChI=1S/C45H46N4O8S/c1-5-33-36(39-41(50)46(3)44(51)47(4)42(39)57-43(33)55-27-30-14-8-6-9-15-30)26-38-40-35(24-25-48(38)45(52)56-28-31-16-10-7-11-17-31)34-18-12-13-19-37(34)49(40)58(53,54)32-22-20-29(2)21-23-32/h6-23,33,36,38,43H,5,24-28H2,1-4H3/t33-,36+,38-,43-/m0/s1. The van der Waals surface area contributed by atoms with E-state index in [0.29, 0.717) is 24.1 Å². The van der Waals surface area contributed by atoms with Crippen molar-refractivity contribution >= 4 is 27.0 Å². The minimum absolute atomic E-state index is 0.0101. The molecule has 0 bridgehead atoms. The Morgan fingerprint density at radius 1 is 0.828 bits per heavy atom. The molecule has 0 aliphatic carbocycles. The third kappa shape index (κ3) is 6.92. The van der Waals surface area contributed by atoms with Crippen LogP contribution in [0.4, 0.5) is 4.79 Å². The first-order chi connectivity index (χ1) is 28.0. The summed E-state index contributed by atoms with van der Waals surface area (Å²) < 4.78 is 52.7. The van der Waals surface area contributed by atoms with Crippen molar-refractivity contribution in [1.29, 1.82) is 0 Å². The van der Waals surface area contributed by atoms with Crippen molar-refractivity contribution in [3.8, 4) is 5.88 Å². The van der Waals surface area contributed by atoms with Gasteiger partial charge in [0.05, 0.1) is 34.3 Å². The zero-order chi connectivity index (χ0) is 40.7. The molecule has 300 valence electrons. The van der Waals surface area contributed by atoms with Gasteiger partial charge < -0.3 is 14.2 Å². The second-order valence-electron chi connectivity index (χ2n) is 15.1. The van der Waals surface area contributed by atoms with Crippen molar-refractivity contribution in [3.63, 3.8) is 0 Å². The van der Waals surface area contributed by atoms with Crippen LogP contribution in [0.5, 0.6) is 5.88 Å². The lowest BCUT2D eigenvalue weighted by molar-refractivity contribution is -0.146. The van der Waals surface area contributed by atoms with Crippen molar-refractivity contribution in [2.75, 3.05) is 6.54 Å². The molecule has 0 saturated heterocycles. The maximum absolute atomic E-state index is 15.0. The van der Waals surface area contributed by atoms with Crippen LogP contribution in [0, 0.1) is 12.8 Å².